The zero-order valence-electron chi connectivity index (χ0n) is 23.0. The van der Waals surface area contributed by atoms with Gasteiger partial charge in [0.05, 0.1) is 18.0 Å². The van der Waals surface area contributed by atoms with Gasteiger partial charge in [-0.05, 0) is 47.5 Å². The van der Waals surface area contributed by atoms with Crippen LogP contribution in [0.4, 0.5) is 13.6 Å². The van der Waals surface area contributed by atoms with E-state index in [1.54, 1.807) is 0 Å². The number of alkyl carbamates (subject to hydrolysis) is 1. The number of carboxylic acid groups (broad SMARTS) is 1. The first kappa shape index (κ1) is 31.4. The molecular formula is C29H28F2N2O9S. The van der Waals surface area contributed by atoms with Crippen molar-refractivity contribution in [1.29, 1.82) is 0 Å². The van der Waals surface area contributed by atoms with Gasteiger partial charge in [-0.2, -0.15) is 4.31 Å². The Kier molecular flexibility index (Phi) is 9.30. The first-order valence-electron chi connectivity index (χ1n) is 12.9. The third-order valence-corrected chi connectivity index (χ3v) is 8.30. The van der Waals surface area contributed by atoms with E-state index < -0.39 is 57.6 Å². The molecule has 228 valence electrons. The lowest BCUT2D eigenvalue weighted by atomic mass is 9.87. The van der Waals surface area contributed by atoms with Crippen LogP contribution >= 0.6 is 0 Å². The van der Waals surface area contributed by atoms with Crippen LogP contribution in [0.25, 0.3) is 0 Å². The number of esters is 1. The van der Waals surface area contributed by atoms with Crippen molar-refractivity contribution in [1.82, 2.24) is 9.62 Å². The molecule has 1 fully saturated rings. The number of hydrogen-bond acceptors (Lipinski definition) is 8. The molecule has 1 saturated heterocycles. The maximum atomic E-state index is 13.8. The molecule has 3 aromatic rings. The highest BCUT2D eigenvalue weighted by molar-refractivity contribution is 7.89. The lowest BCUT2D eigenvalue weighted by molar-refractivity contribution is -0.162. The maximum Gasteiger partial charge on any atom is 0.410 e. The average Bonchev–Trinajstić information content (AvgIpc) is 2.90. The number of halogens is 2. The molecule has 11 nitrogen and oxygen atoms in total. The zero-order chi connectivity index (χ0) is 31.4. The lowest BCUT2D eigenvalue weighted by Gasteiger charge is -2.48. The molecule has 1 heterocycles. The van der Waals surface area contributed by atoms with E-state index in [0.29, 0.717) is 5.56 Å². The summed E-state index contributed by atoms with van der Waals surface area (Å²) in [4.78, 5) is 34.8. The van der Waals surface area contributed by atoms with Gasteiger partial charge in [-0.15, -0.1) is 0 Å². The Morgan fingerprint density at radius 2 is 1.65 bits per heavy atom. The molecule has 0 spiro atoms. The highest BCUT2D eigenvalue weighted by atomic mass is 32.2. The molecule has 0 radical (unpaired) electrons. The smallest absolute Gasteiger partial charge is 0.410 e. The van der Waals surface area contributed by atoms with Crippen LogP contribution < -0.4 is 10.1 Å². The Morgan fingerprint density at radius 1 is 0.977 bits per heavy atom. The molecule has 4 rings (SSSR count). The van der Waals surface area contributed by atoms with Gasteiger partial charge in [0.1, 0.15) is 23.4 Å². The van der Waals surface area contributed by atoms with E-state index in [0.717, 1.165) is 17.3 Å². The standard InChI is InChI=1S/C29H28F2N2O9S/c1-18(34)40-19(2)41-28(37)32-26(27(35)36)14-20-5-3-8-25(13-20)43(38,39)33-16-29(17-33,21-9-11-22(30)12-10-21)42-24-7-4-6-23(31)15-24/h3-13,15,19,26H,14,16-17H2,1-2H3,(H,32,37)(H,35,36). The van der Waals surface area contributed by atoms with E-state index in [4.69, 9.17) is 9.47 Å². The van der Waals surface area contributed by atoms with Crippen molar-refractivity contribution in [3.05, 3.63) is 95.6 Å². The van der Waals surface area contributed by atoms with E-state index in [-0.39, 0.29) is 35.7 Å². The van der Waals surface area contributed by atoms with Crippen molar-refractivity contribution in [3.63, 3.8) is 0 Å². The summed E-state index contributed by atoms with van der Waals surface area (Å²) in [5, 5.41) is 11.8. The second kappa shape index (κ2) is 12.8. The molecule has 43 heavy (non-hydrogen) atoms. The Hall–Kier alpha value is -4.56. The molecule has 0 saturated carbocycles. The minimum atomic E-state index is -4.12. The molecule has 1 aliphatic heterocycles. The summed E-state index contributed by atoms with van der Waals surface area (Å²) >= 11 is 0. The van der Waals surface area contributed by atoms with Gasteiger partial charge in [0.25, 0.3) is 0 Å². The fourth-order valence-corrected chi connectivity index (χ4v) is 6.12. The lowest BCUT2D eigenvalue weighted by Crippen LogP contribution is -2.64. The summed E-state index contributed by atoms with van der Waals surface area (Å²) in [7, 11) is -4.12. The van der Waals surface area contributed by atoms with Crippen molar-refractivity contribution in [2.75, 3.05) is 13.1 Å². The van der Waals surface area contributed by atoms with Crippen LogP contribution in [0.15, 0.2) is 77.7 Å². The third kappa shape index (κ3) is 7.64. The fourth-order valence-electron chi connectivity index (χ4n) is 4.51. The monoisotopic (exact) mass is 618 g/mol. The van der Waals surface area contributed by atoms with E-state index in [1.165, 1.54) is 73.7 Å². The van der Waals surface area contributed by atoms with E-state index in [2.05, 4.69) is 10.1 Å². The van der Waals surface area contributed by atoms with Gasteiger partial charge in [-0.1, -0.05) is 30.3 Å². The number of nitrogens with one attached hydrogen (secondary N) is 1. The number of sulfonamides is 1. The summed E-state index contributed by atoms with van der Waals surface area (Å²) in [5.74, 6) is -2.99. The Labute approximate surface area is 246 Å². The number of carbonyl (C=O) groups is 3. The van der Waals surface area contributed by atoms with Gasteiger partial charge >= 0.3 is 18.0 Å². The Bertz CT molecular complexity index is 1610. The van der Waals surface area contributed by atoms with Crippen LogP contribution in [0.1, 0.15) is 25.0 Å². The molecule has 0 aromatic heterocycles. The first-order valence-corrected chi connectivity index (χ1v) is 14.4. The highest BCUT2D eigenvalue weighted by Gasteiger charge is 2.52. The highest BCUT2D eigenvalue weighted by Crippen LogP contribution is 2.40. The summed E-state index contributed by atoms with van der Waals surface area (Å²) in [6.07, 6.45) is -2.71. The second-order valence-electron chi connectivity index (χ2n) is 9.80. The number of carbonyl (C=O) groups excluding carboxylic acids is 2. The van der Waals surface area contributed by atoms with Gasteiger partial charge < -0.3 is 24.6 Å². The fraction of sp³-hybridized carbons (Fsp3) is 0.276. The van der Waals surface area contributed by atoms with Crippen LogP contribution in [-0.4, -0.2) is 61.3 Å². The quantitative estimate of drug-likeness (QED) is 0.243. The largest absolute Gasteiger partial charge is 0.480 e. The minimum absolute atomic E-state index is 0.140. The van der Waals surface area contributed by atoms with Gasteiger partial charge in [-0.3, -0.25) is 4.79 Å². The van der Waals surface area contributed by atoms with Crippen LogP contribution in [0.3, 0.4) is 0 Å². The second-order valence-corrected chi connectivity index (χ2v) is 11.7. The summed E-state index contributed by atoms with van der Waals surface area (Å²) in [5.41, 5.74) is -0.458. The topological polar surface area (TPSA) is 149 Å². The molecule has 1 amide bonds. The number of benzene rings is 3. The molecule has 3 aromatic carbocycles. The van der Waals surface area contributed by atoms with E-state index >= 15 is 0 Å². The molecule has 2 atom stereocenters. The van der Waals surface area contributed by atoms with E-state index in [9.17, 15) is 36.7 Å². The molecule has 2 unspecified atom stereocenters. The van der Waals surface area contributed by atoms with E-state index in [1.807, 2.05) is 0 Å². The molecule has 1 aliphatic rings. The molecule has 0 bridgehead atoms. The summed E-state index contributed by atoms with van der Waals surface area (Å²) < 4.78 is 71.3. The van der Waals surface area contributed by atoms with Crippen molar-refractivity contribution in [2.45, 2.75) is 43.1 Å². The normalized spacial score (nSPS) is 15.8. The van der Waals surface area contributed by atoms with Crippen molar-refractivity contribution in [3.8, 4) is 5.75 Å². The summed E-state index contributed by atoms with van der Waals surface area (Å²) in [6, 6.07) is 14.8. The van der Waals surface area contributed by atoms with Gasteiger partial charge in [0, 0.05) is 26.3 Å². The molecule has 0 aliphatic carbocycles. The Balaban J connectivity index is 1.50. The Morgan fingerprint density at radius 3 is 2.28 bits per heavy atom. The number of rotatable bonds is 11. The third-order valence-electron chi connectivity index (χ3n) is 6.51. The zero-order valence-corrected chi connectivity index (χ0v) is 23.8. The van der Waals surface area contributed by atoms with Gasteiger partial charge in [-0.25, -0.2) is 26.8 Å². The number of aliphatic carboxylic acids is 1. The van der Waals surface area contributed by atoms with Crippen LogP contribution in [0.2, 0.25) is 0 Å². The minimum Gasteiger partial charge on any atom is -0.480 e. The molecule has 2 N–H and O–H groups in total. The number of amides is 1. The van der Waals surface area contributed by atoms with Crippen LogP contribution in [0.5, 0.6) is 5.75 Å². The van der Waals surface area contributed by atoms with Crippen molar-refractivity contribution >= 4 is 28.1 Å². The van der Waals surface area contributed by atoms with Gasteiger partial charge in [0.2, 0.25) is 16.3 Å². The van der Waals surface area contributed by atoms with Gasteiger partial charge in [0.15, 0.2) is 5.60 Å². The SMILES string of the molecule is CC(=O)OC(C)OC(=O)NC(Cc1cccc(S(=O)(=O)N2CC(Oc3cccc(F)c3)(c3ccc(F)cc3)C2)c1)C(=O)O. The first-order chi connectivity index (χ1) is 20.3. The predicted octanol–water partition coefficient (Wildman–Crippen LogP) is 3.57. The maximum absolute atomic E-state index is 13.8. The summed E-state index contributed by atoms with van der Waals surface area (Å²) in [6.45, 7) is 2.04. The van der Waals surface area contributed by atoms with Crippen molar-refractivity contribution in [2.24, 2.45) is 0 Å². The predicted molar refractivity (Wildman–Crippen MR) is 146 cm³/mol. The average molecular weight is 619 g/mol. The number of hydrogen-bond donors (Lipinski definition) is 2. The van der Waals surface area contributed by atoms with Crippen LogP contribution in [-0.2, 0) is 41.1 Å². The number of carboxylic acids is 1. The van der Waals surface area contributed by atoms with Crippen molar-refractivity contribution < 1.29 is 50.9 Å². The van der Waals surface area contributed by atoms with Crippen LogP contribution in [0, 0.1) is 11.6 Å². The molecule has 14 heteroatoms. The molecular weight excluding hydrogens is 590 g/mol. The number of ether oxygens (including phenoxy) is 3. The number of nitrogens with zero attached hydrogens (tertiary/aromatic N) is 1.